The highest BCUT2D eigenvalue weighted by Gasteiger charge is 2.35. The number of H-pyrrole nitrogens is 1. The highest BCUT2D eigenvalue weighted by atomic mass is 16.3. The summed E-state index contributed by atoms with van der Waals surface area (Å²) in [5.74, 6) is -9.35. The molecule has 10 amide bonds. The Kier molecular flexibility index (Phi) is 37.3. The Morgan fingerprint density at radius 2 is 0.750 bits per heavy atom. The van der Waals surface area contributed by atoms with Crippen LogP contribution in [0.2, 0.25) is 0 Å². The smallest absolute Gasteiger partial charge is 0.243 e. The number of hydrogen-bond acceptors (Lipinski definition) is 18. The molecule has 37 nitrogen and oxygen atoms in total. The van der Waals surface area contributed by atoms with Crippen LogP contribution in [0.3, 0.4) is 0 Å². The van der Waals surface area contributed by atoms with E-state index in [-0.39, 0.29) is 140 Å². The molecule has 1 heterocycles. The number of carbonyl (C=O) groups is 10. The van der Waals surface area contributed by atoms with Crippen molar-refractivity contribution < 1.29 is 53.1 Å². The third kappa shape index (κ3) is 33.0. The Hall–Kier alpha value is -9.13. The van der Waals surface area contributed by atoms with Crippen LogP contribution in [0.25, 0.3) is 0 Å². The first-order chi connectivity index (χ1) is 41.6. The maximum atomic E-state index is 14.6. The Labute approximate surface area is 510 Å². The van der Waals surface area contributed by atoms with E-state index in [2.05, 4.69) is 77.8 Å². The zero-order valence-electron chi connectivity index (χ0n) is 50.4. The van der Waals surface area contributed by atoms with E-state index >= 15 is 0 Å². The fraction of sp³-hybridized carbons (Fsp3) is 0.667. The predicted octanol–water partition coefficient (Wildman–Crippen LogP) is -9.31. The topological polar surface area (TPSA) is 664 Å². The van der Waals surface area contributed by atoms with E-state index in [9.17, 15) is 53.1 Å². The number of aromatic amines is 1. The molecule has 0 radical (unpaired) electrons. The van der Waals surface area contributed by atoms with Crippen LogP contribution in [-0.2, 0) is 54.4 Å². The second-order valence-corrected chi connectivity index (χ2v) is 20.6. The number of aliphatic imine (C=N–C) groups is 4. The molecule has 0 aromatic carbocycles. The lowest BCUT2D eigenvalue weighted by Crippen LogP contribution is -2.61. The summed E-state index contributed by atoms with van der Waals surface area (Å²) in [5.41, 5.74) is 61.3. The molecule has 0 fully saturated rings. The van der Waals surface area contributed by atoms with Crippen molar-refractivity contribution >= 4 is 82.9 Å². The molecule has 1 aromatic rings. The van der Waals surface area contributed by atoms with Crippen LogP contribution in [0, 0.1) is 0 Å². The van der Waals surface area contributed by atoms with Gasteiger partial charge in [0.05, 0.1) is 12.4 Å². The molecule has 33 N–H and O–H groups in total. The van der Waals surface area contributed by atoms with Gasteiger partial charge in [0, 0.05) is 51.4 Å². The second-order valence-electron chi connectivity index (χ2n) is 20.6. The third-order valence-electron chi connectivity index (χ3n) is 13.0. The number of rotatable bonds is 45. The molecule has 0 aliphatic heterocycles. The molecule has 88 heavy (non-hydrogen) atoms. The van der Waals surface area contributed by atoms with E-state index in [4.69, 9.17) is 63.1 Å². The van der Waals surface area contributed by atoms with Crippen LogP contribution in [0.4, 0.5) is 0 Å². The van der Waals surface area contributed by atoms with Gasteiger partial charge < -0.3 is 121 Å². The molecule has 0 bridgehead atoms. The molecule has 1 rings (SSSR count). The number of aromatic nitrogens is 2. The molecular formula is C51H96N26O11. The summed E-state index contributed by atoms with van der Waals surface area (Å²) >= 11 is 0. The van der Waals surface area contributed by atoms with E-state index in [0.29, 0.717) is 25.0 Å². The first-order valence-corrected chi connectivity index (χ1v) is 28.9. The van der Waals surface area contributed by atoms with Crippen molar-refractivity contribution in [1.82, 2.24) is 57.8 Å². The van der Waals surface area contributed by atoms with Gasteiger partial charge in [0.15, 0.2) is 23.8 Å². The standard InChI is InChI=1S/C51H96N26O11/c1-27(69-41(82)31(70-29(3)79)14-8-20-64-48(55)56)40(81)71-34(15-9-21-65-49(57)58)45(86)76-37(24-30-25-63-26-68-30)47(88)75-35(16-10-22-66-50(59)60)44(85)73-32(12-4-6-18-52)42(83)72-33(13-5-7-19-53)43(84)74-36(17-11-23-67-51(61)62)46(87)77-38(28(2)78)39(54)80/h25-28,31-38,78H,4-24,52-53H2,1-3H3,(H2,54,80)(H,63,68)(H,69,82)(H,70,79)(H,71,81)(H,72,83)(H,73,85)(H,74,84)(H,75,88)(H,76,86)(H,77,87)(H4,55,56,64)(H4,57,58,65)(H4,59,60,66)(H4,61,62,67)/t27-,28+,31-,32-,33-,34-,35-,36-,37-,38-/m0/s1. The molecule has 0 unspecified atom stereocenters. The summed E-state index contributed by atoms with van der Waals surface area (Å²) < 4.78 is 0. The average Bonchev–Trinajstić information content (AvgIpc) is 2.31. The van der Waals surface area contributed by atoms with Gasteiger partial charge in [0.1, 0.15) is 54.4 Å². The number of nitrogens with one attached hydrogen (secondary N) is 10. The van der Waals surface area contributed by atoms with E-state index in [1.807, 2.05) is 0 Å². The molecule has 37 heteroatoms. The summed E-state index contributed by atoms with van der Waals surface area (Å²) in [5, 5.41) is 33.5. The van der Waals surface area contributed by atoms with Crippen LogP contribution in [0.1, 0.15) is 116 Å². The summed E-state index contributed by atoms with van der Waals surface area (Å²) in [6, 6.07) is -12.4. The van der Waals surface area contributed by atoms with Crippen LogP contribution < -0.4 is 111 Å². The fourth-order valence-corrected chi connectivity index (χ4v) is 8.40. The van der Waals surface area contributed by atoms with Crippen molar-refractivity contribution in [2.45, 2.75) is 178 Å². The zero-order valence-corrected chi connectivity index (χ0v) is 50.4. The number of hydrogen-bond donors (Lipinski definition) is 22. The number of amides is 10. The third-order valence-corrected chi connectivity index (χ3v) is 13.0. The Balaban J connectivity index is 3.73. The van der Waals surface area contributed by atoms with Gasteiger partial charge in [-0.15, -0.1) is 0 Å². The highest BCUT2D eigenvalue weighted by Crippen LogP contribution is 2.12. The minimum absolute atomic E-state index is 0.00845. The van der Waals surface area contributed by atoms with Crippen LogP contribution >= 0.6 is 0 Å². The molecule has 496 valence electrons. The summed E-state index contributed by atoms with van der Waals surface area (Å²) in [4.78, 5) is 160. The van der Waals surface area contributed by atoms with Crippen molar-refractivity contribution in [2.75, 3.05) is 39.3 Å². The Morgan fingerprint density at radius 1 is 0.443 bits per heavy atom. The highest BCUT2D eigenvalue weighted by molar-refractivity contribution is 5.98. The lowest BCUT2D eigenvalue weighted by atomic mass is 10.0. The largest absolute Gasteiger partial charge is 0.391 e. The maximum Gasteiger partial charge on any atom is 0.243 e. The minimum Gasteiger partial charge on any atom is -0.391 e. The number of aliphatic hydroxyl groups is 1. The van der Waals surface area contributed by atoms with Crippen LogP contribution in [0.5, 0.6) is 0 Å². The van der Waals surface area contributed by atoms with E-state index in [1.54, 1.807) is 0 Å². The van der Waals surface area contributed by atoms with Crippen molar-refractivity contribution in [3.05, 3.63) is 18.2 Å². The van der Waals surface area contributed by atoms with Crippen molar-refractivity contribution in [3.63, 3.8) is 0 Å². The van der Waals surface area contributed by atoms with Gasteiger partial charge in [-0.2, -0.15) is 0 Å². The van der Waals surface area contributed by atoms with E-state index in [0.717, 1.165) is 0 Å². The molecule has 10 atom stereocenters. The monoisotopic (exact) mass is 1250 g/mol. The number of imidazole rings is 1. The molecule has 0 saturated heterocycles. The molecular weight excluding hydrogens is 1150 g/mol. The van der Waals surface area contributed by atoms with Gasteiger partial charge in [-0.25, -0.2) is 4.98 Å². The average molecular weight is 1250 g/mol. The van der Waals surface area contributed by atoms with Crippen molar-refractivity contribution in [3.8, 4) is 0 Å². The molecule has 0 aliphatic carbocycles. The Bertz CT molecular complexity index is 2500. The van der Waals surface area contributed by atoms with Gasteiger partial charge in [-0.05, 0) is 117 Å². The van der Waals surface area contributed by atoms with Crippen LogP contribution in [0.15, 0.2) is 32.5 Å². The number of guanidine groups is 4. The van der Waals surface area contributed by atoms with Crippen molar-refractivity contribution in [2.24, 2.45) is 83.0 Å². The number of carbonyl (C=O) groups excluding carboxylic acids is 10. The fourth-order valence-electron chi connectivity index (χ4n) is 8.40. The lowest BCUT2D eigenvalue weighted by Gasteiger charge is -2.28. The first-order valence-electron chi connectivity index (χ1n) is 28.9. The van der Waals surface area contributed by atoms with Gasteiger partial charge >= 0.3 is 0 Å². The molecule has 0 saturated carbocycles. The van der Waals surface area contributed by atoms with Crippen molar-refractivity contribution in [1.29, 1.82) is 0 Å². The first kappa shape index (κ1) is 76.9. The summed E-state index contributed by atoms with van der Waals surface area (Å²) in [6.45, 7) is 4.39. The Morgan fingerprint density at radius 3 is 1.06 bits per heavy atom. The maximum absolute atomic E-state index is 14.6. The summed E-state index contributed by atoms with van der Waals surface area (Å²) in [6.07, 6.45) is 2.79. The normalized spacial score (nSPS) is 14.2. The van der Waals surface area contributed by atoms with Gasteiger partial charge in [0.2, 0.25) is 59.1 Å². The predicted molar refractivity (Wildman–Crippen MR) is 327 cm³/mol. The minimum atomic E-state index is -1.54. The SMILES string of the molecule is CC(=O)N[C@@H](CCCN=C(N)N)C(=O)N[C@@H](C)C(=O)N[C@@H](CCCN=C(N)N)C(=O)N[C@@H](Cc1cnc[nH]1)C(=O)N[C@@H](CCCN=C(N)N)C(=O)N[C@@H](CCCCN)C(=O)N[C@@H](CCCCN)C(=O)N[C@@H](CCCN=C(N)N)C(=O)N[C@H](C(N)=O)[C@@H](C)O. The second kappa shape index (κ2) is 42.6. The number of unbranched alkanes of at least 4 members (excludes halogenated alkanes) is 2. The molecule has 0 spiro atoms. The number of primary amides is 1. The number of aliphatic hydroxyl groups excluding tert-OH is 1. The zero-order chi connectivity index (χ0) is 66.3. The van der Waals surface area contributed by atoms with Gasteiger partial charge in [-0.3, -0.25) is 67.9 Å². The van der Waals surface area contributed by atoms with E-state index in [1.165, 1.54) is 33.3 Å². The number of nitrogens with zero attached hydrogens (tertiary/aromatic N) is 5. The summed E-state index contributed by atoms with van der Waals surface area (Å²) in [7, 11) is 0. The molecule has 0 aliphatic rings. The van der Waals surface area contributed by atoms with E-state index < -0.39 is 120 Å². The van der Waals surface area contributed by atoms with Crippen LogP contribution in [-0.4, -0.2) is 198 Å². The van der Waals surface area contributed by atoms with Gasteiger partial charge in [0.25, 0.3) is 0 Å². The molecule has 1 aromatic heterocycles. The number of nitrogens with two attached hydrogens (primary N) is 11. The quantitative estimate of drug-likeness (QED) is 0.0164. The van der Waals surface area contributed by atoms with Gasteiger partial charge in [-0.1, -0.05) is 0 Å². The lowest BCUT2D eigenvalue weighted by molar-refractivity contribution is -0.136.